The predicted molar refractivity (Wildman–Crippen MR) is 70.6 cm³/mol. The second-order valence-corrected chi connectivity index (χ2v) is 5.23. The van der Waals surface area contributed by atoms with Crippen LogP contribution in [-0.4, -0.2) is 22.0 Å². The Kier molecular flexibility index (Phi) is 13.7. The highest BCUT2D eigenvalue weighted by Gasteiger charge is 2.31. The molecule has 0 aromatic rings. The minimum atomic E-state index is -2.92. The molecule has 0 bridgehead atoms. The molecule has 2 N–H and O–H groups in total. The summed E-state index contributed by atoms with van der Waals surface area (Å²) >= 11 is 0. The summed E-state index contributed by atoms with van der Waals surface area (Å²) in [6.45, 7) is 9.58. The van der Waals surface area contributed by atoms with Crippen molar-refractivity contribution in [1.82, 2.24) is 0 Å². The normalized spacial score (nSPS) is 12.6. The molecular weight excluding hydrogens is 278 g/mol. The van der Waals surface area contributed by atoms with Crippen molar-refractivity contribution in [3.8, 4) is 0 Å². The molecule has 0 aliphatic heterocycles. The zero-order valence-electron chi connectivity index (χ0n) is 11.5. The maximum absolute atomic E-state index is 9.39. The van der Waals surface area contributed by atoms with Crippen molar-refractivity contribution in [3.05, 3.63) is 0 Å². The Bertz CT molecular complexity index is 223. The van der Waals surface area contributed by atoms with E-state index in [0.29, 0.717) is 0 Å². The Labute approximate surface area is 111 Å². The zero-order valence-corrected chi connectivity index (χ0v) is 13.2. The first-order valence-electron chi connectivity index (χ1n) is 6.01. The van der Waals surface area contributed by atoms with Gasteiger partial charge in [0.05, 0.1) is 5.60 Å². The van der Waals surface area contributed by atoms with Gasteiger partial charge in [0.2, 0.25) is 0 Å². The van der Waals surface area contributed by atoms with E-state index in [1.807, 2.05) is 0 Å². The smallest absolute Gasteiger partial charge is 0.375 e. The quantitative estimate of drug-likeness (QED) is 0.664. The van der Waals surface area contributed by atoms with Crippen molar-refractivity contribution in [3.63, 3.8) is 0 Å². The summed E-state index contributed by atoms with van der Waals surface area (Å²) in [5, 5.41) is 0. The average molecular weight is 302 g/mol. The van der Waals surface area contributed by atoms with Crippen LogP contribution >= 0.6 is 16.5 Å². The Hall–Kier alpha value is 0.0400. The van der Waals surface area contributed by atoms with Gasteiger partial charge in [-0.05, 0) is 26.2 Å². The molecule has 8 heteroatoms. The van der Waals surface area contributed by atoms with Gasteiger partial charge >= 0.3 is 16.5 Å². The SMILES string of the molecule is CCCC(CC)(CC)OCC.O=[P+](O)O[P+](=O)O. The predicted octanol–water partition coefficient (Wildman–Crippen LogP) is 3.68. The third-order valence-corrected chi connectivity index (χ3v) is 3.70. The van der Waals surface area contributed by atoms with Crippen LogP contribution in [0.4, 0.5) is 0 Å². The Morgan fingerprint density at radius 1 is 1.00 bits per heavy atom. The molecule has 2 unspecified atom stereocenters. The molecule has 18 heavy (non-hydrogen) atoms. The largest absolute Gasteiger partial charge is 0.745 e. The van der Waals surface area contributed by atoms with Gasteiger partial charge < -0.3 is 4.74 Å². The van der Waals surface area contributed by atoms with Crippen molar-refractivity contribution in [2.75, 3.05) is 6.61 Å². The second-order valence-electron chi connectivity index (χ2n) is 3.63. The van der Waals surface area contributed by atoms with Crippen LogP contribution in [0.25, 0.3) is 0 Å². The molecule has 2 atom stereocenters. The van der Waals surface area contributed by atoms with E-state index >= 15 is 0 Å². The number of rotatable bonds is 8. The highest BCUT2D eigenvalue weighted by Crippen LogP contribution is 2.30. The Morgan fingerprint density at radius 3 is 1.61 bits per heavy atom. The second kappa shape index (κ2) is 12.1. The summed E-state index contributed by atoms with van der Waals surface area (Å²) in [7, 11) is -5.85. The van der Waals surface area contributed by atoms with Gasteiger partial charge in [-0.25, -0.2) is 0 Å². The molecule has 0 amide bonds. The van der Waals surface area contributed by atoms with E-state index in [0.717, 1.165) is 19.4 Å². The third kappa shape index (κ3) is 11.1. The molecule has 108 valence electrons. The average Bonchev–Trinajstić information content (AvgIpc) is 2.27. The third-order valence-electron chi connectivity index (χ3n) is 2.58. The molecule has 0 fully saturated rings. The van der Waals surface area contributed by atoms with E-state index in [4.69, 9.17) is 14.5 Å². The van der Waals surface area contributed by atoms with Crippen molar-refractivity contribution in [1.29, 1.82) is 0 Å². The molecule has 0 aromatic carbocycles. The maximum Gasteiger partial charge on any atom is 0.745 e. The number of hydrogen-bond acceptors (Lipinski definition) is 4. The topological polar surface area (TPSA) is 93.1 Å². The minimum Gasteiger partial charge on any atom is -0.375 e. The van der Waals surface area contributed by atoms with E-state index in [9.17, 15) is 9.13 Å². The summed E-state index contributed by atoms with van der Waals surface area (Å²) in [5.74, 6) is 0. The first kappa shape index (κ1) is 20.4. The molecule has 6 nitrogen and oxygen atoms in total. The summed E-state index contributed by atoms with van der Waals surface area (Å²) < 4.78 is 27.9. The van der Waals surface area contributed by atoms with Crippen LogP contribution in [-0.2, 0) is 18.2 Å². The molecule has 0 heterocycles. The van der Waals surface area contributed by atoms with Crippen LogP contribution in [0, 0.1) is 0 Å². The van der Waals surface area contributed by atoms with Gasteiger partial charge in [-0.1, -0.05) is 27.2 Å². The van der Waals surface area contributed by atoms with Crippen molar-refractivity contribution in [2.24, 2.45) is 0 Å². The molecular formula is C10H24O6P2+2. The van der Waals surface area contributed by atoms with Crippen LogP contribution < -0.4 is 0 Å². The fraction of sp³-hybridized carbons (Fsp3) is 1.00. The Balaban J connectivity index is 0. The maximum atomic E-state index is 9.39. The van der Waals surface area contributed by atoms with Crippen molar-refractivity contribution in [2.45, 2.75) is 59.0 Å². The summed E-state index contributed by atoms with van der Waals surface area (Å²) in [4.78, 5) is 15.3. The van der Waals surface area contributed by atoms with E-state index < -0.39 is 16.5 Å². The van der Waals surface area contributed by atoms with Gasteiger partial charge in [0.1, 0.15) is 0 Å². The van der Waals surface area contributed by atoms with Crippen LogP contribution in [0.2, 0.25) is 0 Å². The molecule has 0 aliphatic rings. The molecule has 0 aromatic heterocycles. The number of hydrogen-bond donors (Lipinski definition) is 2. The fourth-order valence-corrected chi connectivity index (χ4v) is 2.18. The van der Waals surface area contributed by atoms with Crippen LogP contribution in [0.3, 0.4) is 0 Å². The molecule has 0 rings (SSSR count). The van der Waals surface area contributed by atoms with E-state index in [-0.39, 0.29) is 5.60 Å². The molecule has 0 saturated carbocycles. The molecule has 0 spiro atoms. The van der Waals surface area contributed by atoms with E-state index in [1.54, 1.807) is 0 Å². The van der Waals surface area contributed by atoms with Crippen molar-refractivity contribution >= 4 is 16.5 Å². The molecule has 0 aliphatic carbocycles. The molecule has 0 saturated heterocycles. The lowest BCUT2D eigenvalue weighted by Crippen LogP contribution is -2.30. The lowest BCUT2D eigenvalue weighted by Gasteiger charge is -2.31. The summed E-state index contributed by atoms with van der Waals surface area (Å²) in [6.07, 6.45) is 4.71. The van der Waals surface area contributed by atoms with Crippen LogP contribution in [0.15, 0.2) is 0 Å². The zero-order chi connectivity index (χ0) is 14.6. The van der Waals surface area contributed by atoms with Gasteiger partial charge in [0.15, 0.2) is 4.31 Å². The standard InChI is InChI=1S/C10H22O.O5P2/c1-5-9-10(6-2,7-3)11-8-4;1-6(2)5-7(3)4/h5-9H2,1-4H3;/p+2. The van der Waals surface area contributed by atoms with Crippen molar-refractivity contribution < 1.29 is 28.0 Å². The summed E-state index contributed by atoms with van der Waals surface area (Å²) in [6, 6.07) is 0. The molecule has 0 radical (unpaired) electrons. The first-order chi connectivity index (χ1) is 8.37. The van der Waals surface area contributed by atoms with Gasteiger partial charge in [0, 0.05) is 15.7 Å². The highest BCUT2D eigenvalue weighted by atomic mass is 31.2. The minimum absolute atomic E-state index is 0.184. The van der Waals surface area contributed by atoms with Gasteiger partial charge in [-0.2, -0.15) is 0 Å². The van der Waals surface area contributed by atoms with Gasteiger partial charge in [-0.15, -0.1) is 9.79 Å². The van der Waals surface area contributed by atoms with E-state index in [1.165, 1.54) is 12.8 Å². The van der Waals surface area contributed by atoms with Gasteiger partial charge in [-0.3, -0.25) is 0 Å². The fourth-order valence-electron chi connectivity index (χ4n) is 1.70. The Morgan fingerprint density at radius 2 is 1.44 bits per heavy atom. The lowest BCUT2D eigenvalue weighted by molar-refractivity contribution is -0.0515. The lowest BCUT2D eigenvalue weighted by atomic mass is 9.92. The monoisotopic (exact) mass is 302 g/mol. The van der Waals surface area contributed by atoms with Crippen LogP contribution in [0.5, 0.6) is 0 Å². The van der Waals surface area contributed by atoms with Gasteiger partial charge in [0.25, 0.3) is 0 Å². The highest BCUT2D eigenvalue weighted by molar-refractivity contribution is 7.46. The summed E-state index contributed by atoms with van der Waals surface area (Å²) in [5.41, 5.74) is 0.184. The van der Waals surface area contributed by atoms with Crippen LogP contribution in [0.1, 0.15) is 53.4 Å². The van der Waals surface area contributed by atoms with E-state index in [2.05, 4.69) is 32.0 Å². The number of ether oxygens (including phenoxy) is 1. The first-order valence-corrected chi connectivity index (χ1v) is 8.27.